The second-order valence-corrected chi connectivity index (χ2v) is 4.93. The van der Waals surface area contributed by atoms with Crippen molar-refractivity contribution in [1.82, 2.24) is 5.32 Å². The number of aryl methyl sites for hydroxylation is 1. The summed E-state index contributed by atoms with van der Waals surface area (Å²) in [7, 11) is 0. The van der Waals surface area contributed by atoms with Crippen LogP contribution >= 0.6 is 15.9 Å². The molecule has 0 atom stereocenters. The highest BCUT2D eigenvalue weighted by atomic mass is 79.9. The lowest BCUT2D eigenvalue weighted by atomic mass is 9.92. The van der Waals surface area contributed by atoms with Crippen molar-refractivity contribution in [3.63, 3.8) is 0 Å². The molecule has 0 spiro atoms. The van der Waals surface area contributed by atoms with E-state index in [2.05, 4.69) is 21.2 Å². The molecule has 94 valence electrons. The van der Waals surface area contributed by atoms with Crippen LogP contribution in [0.5, 0.6) is 0 Å². The van der Waals surface area contributed by atoms with Gasteiger partial charge in [0.05, 0.1) is 17.4 Å². The van der Waals surface area contributed by atoms with E-state index >= 15 is 0 Å². The lowest BCUT2D eigenvalue weighted by molar-refractivity contribution is 0.0441. The average Bonchev–Trinajstić information content (AvgIpc) is 2.77. The SMILES string of the molecule is Cc1occc1C(=O)NC1(CBr)CCOCC1. The quantitative estimate of drug-likeness (QED) is 0.871. The lowest BCUT2D eigenvalue weighted by Gasteiger charge is -2.36. The fraction of sp³-hybridized carbons (Fsp3) is 0.583. The third kappa shape index (κ3) is 2.72. The molecule has 1 aliphatic rings. The highest BCUT2D eigenvalue weighted by molar-refractivity contribution is 9.09. The molecule has 0 saturated carbocycles. The summed E-state index contributed by atoms with van der Waals surface area (Å²) in [6.07, 6.45) is 3.21. The van der Waals surface area contributed by atoms with Gasteiger partial charge < -0.3 is 14.5 Å². The summed E-state index contributed by atoms with van der Waals surface area (Å²) in [6, 6.07) is 1.70. The predicted molar refractivity (Wildman–Crippen MR) is 67.5 cm³/mol. The molecule has 4 nitrogen and oxygen atoms in total. The minimum Gasteiger partial charge on any atom is -0.469 e. The molecule has 1 N–H and O–H groups in total. The number of rotatable bonds is 3. The van der Waals surface area contributed by atoms with Gasteiger partial charge in [-0.25, -0.2) is 0 Å². The fourth-order valence-electron chi connectivity index (χ4n) is 1.98. The van der Waals surface area contributed by atoms with E-state index < -0.39 is 0 Å². The first-order valence-corrected chi connectivity index (χ1v) is 6.79. The smallest absolute Gasteiger partial charge is 0.255 e. The van der Waals surface area contributed by atoms with E-state index in [0.717, 1.165) is 18.2 Å². The zero-order valence-corrected chi connectivity index (χ0v) is 11.4. The molecule has 1 aromatic rings. The van der Waals surface area contributed by atoms with Crippen LogP contribution in [-0.2, 0) is 4.74 Å². The van der Waals surface area contributed by atoms with Crippen molar-refractivity contribution in [1.29, 1.82) is 0 Å². The number of carbonyl (C=O) groups excluding carboxylic acids is 1. The first-order chi connectivity index (χ1) is 8.17. The number of nitrogens with one attached hydrogen (secondary N) is 1. The van der Waals surface area contributed by atoms with E-state index in [-0.39, 0.29) is 11.4 Å². The second kappa shape index (κ2) is 5.23. The van der Waals surface area contributed by atoms with Crippen LogP contribution in [0.1, 0.15) is 29.0 Å². The molecule has 17 heavy (non-hydrogen) atoms. The Hall–Kier alpha value is -0.810. The summed E-state index contributed by atoms with van der Waals surface area (Å²) in [5.41, 5.74) is 0.413. The molecule has 0 aromatic carbocycles. The Morgan fingerprint density at radius 2 is 2.24 bits per heavy atom. The molecular weight excluding hydrogens is 286 g/mol. The zero-order valence-electron chi connectivity index (χ0n) is 9.79. The van der Waals surface area contributed by atoms with E-state index in [4.69, 9.17) is 9.15 Å². The number of furan rings is 1. The summed E-state index contributed by atoms with van der Waals surface area (Å²) in [4.78, 5) is 12.1. The Bertz CT molecular complexity index is 396. The first kappa shape index (κ1) is 12.6. The molecule has 2 rings (SSSR count). The highest BCUT2D eigenvalue weighted by Crippen LogP contribution is 2.24. The van der Waals surface area contributed by atoms with Gasteiger partial charge in [-0.1, -0.05) is 15.9 Å². The minimum atomic E-state index is -0.195. The Labute approximate surface area is 109 Å². The third-order valence-corrected chi connectivity index (χ3v) is 4.26. The second-order valence-electron chi connectivity index (χ2n) is 4.37. The Morgan fingerprint density at radius 3 is 2.76 bits per heavy atom. The summed E-state index contributed by atoms with van der Waals surface area (Å²) in [6.45, 7) is 3.17. The molecule has 1 aliphatic heterocycles. The maximum absolute atomic E-state index is 12.1. The van der Waals surface area contributed by atoms with Crippen molar-refractivity contribution in [2.75, 3.05) is 18.5 Å². The Balaban J connectivity index is 2.08. The van der Waals surface area contributed by atoms with Gasteiger partial charge in [-0.2, -0.15) is 0 Å². The van der Waals surface area contributed by atoms with Crippen molar-refractivity contribution >= 4 is 21.8 Å². The van der Waals surface area contributed by atoms with Crippen molar-refractivity contribution in [2.45, 2.75) is 25.3 Å². The number of ether oxygens (including phenoxy) is 1. The molecular formula is C12H16BrNO3. The summed E-state index contributed by atoms with van der Waals surface area (Å²) in [5, 5.41) is 3.84. The number of carbonyl (C=O) groups is 1. The number of hydrogen-bond donors (Lipinski definition) is 1. The van der Waals surface area contributed by atoms with Crippen molar-refractivity contribution in [2.24, 2.45) is 0 Å². The molecule has 1 saturated heterocycles. The number of alkyl halides is 1. The number of hydrogen-bond acceptors (Lipinski definition) is 3. The normalized spacial score (nSPS) is 18.9. The molecule has 1 amide bonds. The fourth-order valence-corrected chi connectivity index (χ4v) is 2.68. The van der Waals surface area contributed by atoms with E-state index in [1.807, 2.05) is 0 Å². The van der Waals surface area contributed by atoms with Gasteiger partial charge in [-0.3, -0.25) is 4.79 Å². The molecule has 2 heterocycles. The monoisotopic (exact) mass is 301 g/mol. The molecule has 5 heteroatoms. The van der Waals surface area contributed by atoms with Crippen LogP contribution < -0.4 is 5.32 Å². The van der Waals surface area contributed by atoms with Gasteiger partial charge in [0.2, 0.25) is 0 Å². The third-order valence-electron chi connectivity index (χ3n) is 3.19. The molecule has 0 unspecified atom stereocenters. The van der Waals surface area contributed by atoms with Crippen molar-refractivity contribution in [3.05, 3.63) is 23.7 Å². The minimum absolute atomic E-state index is 0.0717. The summed E-state index contributed by atoms with van der Waals surface area (Å²) < 4.78 is 10.5. The van der Waals surface area contributed by atoms with E-state index in [1.165, 1.54) is 6.26 Å². The maximum atomic E-state index is 12.1. The molecule has 1 fully saturated rings. The van der Waals surface area contributed by atoms with Crippen LogP contribution in [0.2, 0.25) is 0 Å². The van der Waals surface area contributed by atoms with Crippen LogP contribution in [0.3, 0.4) is 0 Å². The summed E-state index contributed by atoms with van der Waals surface area (Å²) in [5.74, 6) is 0.580. The van der Waals surface area contributed by atoms with Gasteiger partial charge in [-0.15, -0.1) is 0 Å². The standard InChI is InChI=1S/C12H16BrNO3/c1-9-10(2-5-17-9)11(15)14-12(8-13)3-6-16-7-4-12/h2,5H,3-4,6-8H2,1H3,(H,14,15). The molecule has 0 radical (unpaired) electrons. The van der Waals surface area contributed by atoms with E-state index in [0.29, 0.717) is 24.5 Å². The van der Waals surface area contributed by atoms with Crippen LogP contribution in [0, 0.1) is 6.92 Å². The Morgan fingerprint density at radius 1 is 1.53 bits per heavy atom. The Kier molecular flexibility index (Phi) is 3.89. The molecule has 0 aliphatic carbocycles. The van der Waals surface area contributed by atoms with Crippen LogP contribution in [0.4, 0.5) is 0 Å². The van der Waals surface area contributed by atoms with E-state index in [1.54, 1.807) is 13.0 Å². The van der Waals surface area contributed by atoms with Crippen molar-refractivity contribution < 1.29 is 13.9 Å². The summed E-state index contributed by atoms with van der Waals surface area (Å²) >= 11 is 3.48. The number of amides is 1. The number of halogens is 1. The topological polar surface area (TPSA) is 51.5 Å². The van der Waals surface area contributed by atoms with E-state index in [9.17, 15) is 4.79 Å². The maximum Gasteiger partial charge on any atom is 0.255 e. The van der Waals surface area contributed by atoms with Gasteiger partial charge in [-0.05, 0) is 25.8 Å². The largest absolute Gasteiger partial charge is 0.469 e. The van der Waals surface area contributed by atoms with Gasteiger partial charge in [0.15, 0.2) is 0 Å². The average molecular weight is 302 g/mol. The van der Waals surface area contributed by atoms with Crippen LogP contribution in [-0.4, -0.2) is 30.0 Å². The van der Waals surface area contributed by atoms with Crippen molar-refractivity contribution in [3.8, 4) is 0 Å². The van der Waals surface area contributed by atoms with Gasteiger partial charge >= 0.3 is 0 Å². The lowest BCUT2D eigenvalue weighted by Crippen LogP contribution is -2.53. The zero-order chi connectivity index (χ0) is 12.3. The highest BCUT2D eigenvalue weighted by Gasteiger charge is 2.33. The van der Waals surface area contributed by atoms with Crippen LogP contribution in [0.25, 0.3) is 0 Å². The molecule has 1 aromatic heterocycles. The molecule has 0 bridgehead atoms. The predicted octanol–water partition coefficient (Wildman–Crippen LogP) is 2.26. The first-order valence-electron chi connectivity index (χ1n) is 5.67. The van der Waals surface area contributed by atoms with Crippen LogP contribution in [0.15, 0.2) is 16.7 Å². The van der Waals surface area contributed by atoms with Gasteiger partial charge in [0, 0.05) is 18.5 Å². The van der Waals surface area contributed by atoms with Gasteiger partial charge in [0.25, 0.3) is 5.91 Å². The van der Waals surface area contributed by atoms with Gasteiger partial charge in [0.1, 0.15) is 5.76 Å².